The molecule has 0 spiro atoms. The summed E-state index contributed by atoms with van der Waals surface area (Å²) in [6.45, 7) is 6.81. The van der Waals surface area contributed by atoms with Gasteiger partial charge in [0.15, 0.2) is 9.84 Å². The van der Waals surface area contributed by atoms with E-state index in [1.807, 2.05) is 0 Å². The molecule has 0 unspecified atom stereocenters. The Morgan fingerprint density at radius 1 is 1.42 bits per heavy atom. The van der Waals surface area contributed by atoms with Crippen LogP contribution in [0.15, 0.2) is 11.2 Å². The summed E-state index contributed by atoms with van der Waals surface area (Å²) in [4.78, 5) is 0. The van der Waals surface area contributed by atoms with Crippen LogP contribution < -0.4 is 0 Å². The summed E-state index contributed by atoms with van der Waals surface area (Å²) in [7, 11) is -3.21. The molecule has 3 nitrogen and oxygen atoms in total. The van der Waals surface area contributed by atoms with Gasteiger partial charge in [0.2, 0.25) is 0 Å². The van der Waals surface area contributed by atoms with E-state index in [1.54, 1.807) is 27.7 Å². The number of hydrogen-bond donors (Lipinski definition) is 1. The van der Waals surface area contributed by atoms with E-state index in [9.17, 15) is 13.5 Å². The fraction of sp³-hybridized carbons (Fsp3) is 0.750. The van der Waals surface area contributed by atoms with Gasteiger partial charge in [0, 0.05) is 5.41 Å². The number of allylic oxidation sites excluding steroid dienone is 1. The van der Waals surface area contributed by atoms with Gasteiger partial charge in [-0.1, -0.05) is 27.7 Å². The summed E-state index contributed by atoms with van der Waals surface area (Å²) in [5.74, 6) is -0.0722. The van der Waals surface area contributed by atoms with E-state index in [0.29, 0.717) is 0 Å². The van der Waals surface area contributed by atoms with E-state index in [2.05, 4.69) is 0 Å². The first kappa shape index (κ1) is 11.5. The molecule has 0 rings (SSSR count). The van der Waals surface area contributed by atoms with E-state index in [4.69, 9.17) is 0 Å². The lowest BCUT2D eigenvalue weighted by Gasteiger charge is -2.16. The first-order valence-corrected chi connectivity index (χ1v) is 5.54. The maximum atomic E-state index is 11.0. The van der Waals surface area contributed by atoms with Crippen molar-refractivity contribution in [1.82, 2.24) is 0 Å². The van der Waals surface area contributed by atoms with Crippen LogP contribution in [0, 0.1) is 5.41 Å². The Balaban J connectivity index is 4.83. The second kappa shape index (κ2) is 3.47. The van der Waals surface area contributed by atoms with Gasteiger partial charge in [-0.25, -0.2) is 8.42 Å². The van der Waals surface area contributed by atoms with Gasteiger partial charge in [-0.3, -0.25) is 0 Å². The summed E-state index contributed by atoms with van der Waals surface area (Å²) >= 11 is 0. The highest BCUT2D eigenvalue weighted by atomic mass is 32.2. The van der Waals surface area contributed by atoms with Gasteiger partial charge in [0.05, 0.1) is 11.2 Å². The van der Waals surface area contributed by atoms with Crippen LogP contribution in [-0.2, 0) is 9.84 Å². The minimum Gasteiger partial charge on any atom is -0.511 e. The van der Waals surface area contributed by atoms with Crippen molar-refractivity contribution in [2.75, 3.05) is 5.75 Å². The molecule has 0 aliphatic rings. The van der Waals surface area contributed by atoms with Crippen LogP contribution in [0.25, 0.3) is 0 Å². The zero-order chi connectivity index (χ0) is 9.99. The first-order valence-electron chi connectivity index (χ1n) is 3.83. The Kier molecular flexibility index (Phi) is 3.33. The molecule has 1 N–H and O–H groups in total. The smallest absolute Gasteiger partial charge is 0.174 e. The Hall–Kier alpha value is -0.510. The molecule has 0 heterocycles. The zero-order valence-corrected chi connectivity index (χ0v) is 8.77. The molecular weight excluding hydrogens is 176 g/mol. The van der Waals surface area contributed by atoms with Crippen LogP contribution in [0.3, 0.4) is 0 Å². The topological polar surface area (TPSA) is 54.4 Å². The lowest BCUT2D eigenvalue weighted by molar-refractivity contribution is 0.278. The quantitative estimate of drug-likeness (QED) is 0.679. The lowest BCUT2D eigenvalue weighted by atomic mass is 9.95. The number of rotatable bonds is 2. The van der Waals surface area contributed by atoms with Crippen molar-refractivity contribution in [3.63, 3.8) is 0 Å². The summed E-state index contributed by atoms with van der Waals surface area (Å²) in [6, 6.07) is 0. The lowest BCUT2D eigenvalue weighted by Crippen LogP contribution is -2.11. The number of hydrogen-bond acceptors (Lipinski definition) is 3. The molecule has 12 heavy (non-hydrogen) atoms. The SMILES string of the molecule is CCS(=O)(=O)/C=C(\O)C(C)(C)C. The third-order valence-corrected chi connectivity index (χ3v) is 2.85. The van der Waals surface area contributed by atoms with Crippen molar-refractivity contribution in [3.8, 4) is 0 Å². The molecule has 0 saturated heterocycles. The molecule has 0 aromatic heterocycles. The molecule has 0 saturated carbocycles. The minimum absolute atomic E-state index is 0.0210. The maximum Gasteiger partial charge on any atom is 0.174 e. The van der Waals surface area contributed by atoms with E-state index in [1.165, 1.54) is 0 Å². The molecule has 0 bridgehead atoms. The summed E-state index contributed by atoms with van der Waals surface area (Å²) < 4.78 is 22.0. The molecule has 0 aromatic carbocycles. The Morgan fingerprint density at radius 2 is 1.83 bits per heavy atom. The van der Waals surface area contributed by atoms with Crippen LogP contribution in [-0.4, -0.2) is 19.3 Å². The van der Waals surface area contributed by atoms with Gasteiger partial charge in [-0.15, -0.1) is 0 Å². The zero-order valence-electron chi connectivity index (χ0n) is 7.96. The summed E-state index contributed by atoms with van der Waals surface area (Å²) in [5.41, 5.74) is -0.498. The molecule has 0 amide bonds. The second-order valence-electron chi connectivity index (χ2n) is 3.70. The highest BCUT2D eigenvalue weighted by Crippen LogP contribution is 2.23. The minimum atomic E-state index is -3.21. The van der Waals surface area contributed by atoms with E-state index < -0.39 is 15.3 Å². The molecule has 0 aromatic rings. The summed E-state index contributed by atoms with van der Waals surface area (Å²) in [5, 5.41) is 10.3. The fourth-order valence-corrected chi connectivity index (χ4v) is 1.29. The number of sulfone groups is 1. The van der Waals surface area contributed by atoms with Gasteiger partial charge >= 0.3 is 0 Å². The number of aliphatic hydroxyl groups is 1. The molecule has 0 atom stereocenters. The van der Waals surface area contributed by atoms with E-state index >= 15 is 0 Å². The van der Waals surface area contributed by atoms with Gasteiger partial charge < -0.3 is 5.11 Å². The predicted octanol–water partition coefficient (Wildman–Crippen LogP) is 1.87. The molecule has 0 radical (unpaired) electrons. The van der Waals surface area contributed by atoms with Crippen LogP contribution >= 0.6 is 0 Å². The van der Waals surface area contributed by atoms with Gasteiger partial charge in [0.25, 0.3) is 0 Å². The predicted molar refractivity (Wildman–Crippen MR) is 49.6 cm³/mol. The van der Waals surface area contributed by atoms with E-state index in [0.717, 1.165) is 5.41 Å². The molecular formula is C8H16O3S. The Morgan fingerprint density at radius 3 is 2.08 bits per heavy atom. The van der Waals surface area contributed by atoms with E-state index in [-0.39, 0.29) is 11.5 Å². The largest absolute Gasteiger partial charge is 0.511 e. The average molecular weight is 192 g/mol. The molecule has 0 aliphatic carbocycles. The van der Waals surface area contributed by atoms with Crippen LogP contribution in [0.5, 0.6) is 0 Å². The highest BCUT2D eigenvalue weighted by molar-refractivity contribution is 7.94. The number of aliphatic hydroxyl groups excluding tert-OH is 1. The van der Waals surface area contributed by atoms with Crippen molar-refractivity contribution in [3.05, 3.63) is 11.2 Å². The third kappa shape index (κ3) is 3.76. The monoisotopic (exact) mass is 192 g/mol. The average Bonchev–Trinajstić information content (AvgIpc) is 1.85. The molecule has 0 fully saturated rings. The van der Waals surface area contributed by atoms with Crippen LogP contribution in [0.1, 0.15) is 27.7 Å². The van der Waals surface area contributed by atoms with Crippen LogP contribution in [0.4, 0.5) is 0 Å². The normalized spacial score (nSPS) is 14.8. The van der Waals surface area contributed by atoms with Gasteiger partial charge in [-0.2, -0.15) is 0 Å². The maximum absolute atomic E-state index is 11.0. The summed E-state index contributed by atoms with van der Waals surface area (Å²) in [6.07, 6.45) is 0. The molecule has 4 heteroatoms. The Bertz CT molecular complexity index is 267. The van der Waals surface area contributed by atoms with Gasteiger partial charge in [0.1, 0.15) is 5.76 Å². The third-order valence-electron chi connectivity index (χ3n) is 1.46. The van der Waals surface area contributed by atoms with Crippen molar-refractivity contribution in [1.29, 1.82) is 0 Å². The van der Waals surface area contributed by atoms with Crippen LogP contribution in [0.2, 0.25) is 0 Å². The Labute approximate surface area is 74.0 Å². The molecule has 72 valence electrons. The highest BCUT2D eigenvalue weighted by Gasteiger charge is 2.18. The van der Waals surface area contributed by atoms with Crippen molar-refractivity contribution in [2.24, 2.45) is 5.41 Å². The van der Waals surface area contributed by atoms with Crippen molar-refractivity contribution in [2.45, 2.75) is 27.7 Å². The van der Waals surface area contributed by atoms with Crippen molar-refractivity contribution >= 4 is 9.84 Å². The molecule has 0 aliphatic heterocycles. The van der Waals surface area contributed by atoms with Crippen molar-refractivity contribution < 1.29 is 13.5 Å². The fourth-order valence-electron chi connectivity index (χ4n) is 0.430. The van der Waals surface area contributed by atoms with Gasteiger partial charge in [-0.05, 0) is 0 Å². The first-order chi connectivity index (χ1) is 5.19. The second-order valence-corrected chi connectivity index (χ2v) is 5.84. The standard InChI is InChI=1S/C8H16O3S/c1-5-12(10,11)6-7(9)8(2,3)4/h6,9H,5H2,1-4H3/b7-6-.